The summed E-state index contributed by atoms with van der Waals surface area (Å²) in [6.07, 6.45) is -0.310. The second-order valence-corrected chi connectivity index (χ2v) is 1.62. The molecule has 0 aliphatic carbocycles. The average molecular weight is 196 g/mol. The Balaban J connectivity index is -0.000000320. The van der Waals surface area contributed by atoms with Crippen LogP contribution in [0.1, 0.15) is 6.42 Å². The van der Waals surface area contributed by atoms with Gasteiger partial charge in [0, 0.05) is 0 Å². The van der Waals surface area contributed by atoms with Crippen molar-refractivity contribution in [3.63, 3.8) is 0 Å². The molecule has 1 amide bonds. The molecule has 0 aromatic carbocycles. The second-order valence-electron chi connectivity index (χ2n) is 1.62. The first kappa shape index (κ1) is 18.3. The normalized spacial score (nSPS) is 10.3. The number of carboxylic acid groups (broad SMARTS) is 1. The molecular weight excluding hydrogens is 186 g/mol. The fourth-order valence-corrected chi connectivity index (χ4v) is 0.304. The zero-order valence-corrected chi connectivity index (χ0v) is 4.70. The van der Waals surface area contributed by atoms with E-state index in [0.29, 0.717) is 0 Å². The van der Waals surface area contributed by atoms with Gasteiger partial charge in [-0.05, 0) is 0 Å². The number of rotatable bonds is 3. The molecule has 0 aromatic heterocycles. The molecule has 56 valence electrons. The van der Waals surface area contributed by atoms with Gasteiger partial charge in [0.25, 0.3) is 0 Å². The standard InChI is InChI=1S/C4H8N2O3.K.Na.2H/c5-2(4(8)9)1-3(6)7;;;;/h2H,1,5H2,(H2,6,7)(H,8,9);;;;. The summed E-state index contributed by atoms with van der Waals surface area (Å²) in [4.78, 5) is 19.9. The van der Waals surface area contributed by atoms with E-state index in [1.54, 1.807) is 0 Å². The first-order chi connectivity index (χ1) is 4.04. The predicted molar refractivity (Wildman–Crippen MR) is 43.7 cm³/mol. The van der Waals surface area contributed by atoms with Crippen LogP contribution in [0.2, 0.25) is 0 Å². The molecule has 0 saturated carbocycles. The van der Waals surface area contributed by atoms with Crippen molar-refractivity contribution in [2.24, 2.45) is 11.5 Å². The van der Waals surface area contributed by atoms with Gasteiger partial charge in [-0.2, -0.15) is 0 Å². The van der Waals surface area contributed by atoms with Gasteiger partial charge in [-0.25, -0.2) is 0 Å². The number of primary amides is 1. The van der Waals surface area contributed by atoms with Gasteiger partial charge >= 0.3 is 86.9 Å². The molecule has 0 heterocycles. The van der Waals surface area contributed by atoms with Crippen LogP contribution in [0.25, 0.3) is 0 Å². The SMILES string of the molecule is NC(=O)CC(N)C(=O)O.[KH].[NaH]. The summed E-state index contributed by atoms with van der Waals surface area (Å²) in [6.45, 7) is 0. The average Bonchev–Trinajstić information content (AvgIpc) is 1.63. The van der Waals surface area contributed by atoms with Crippen LogP contribution in [-0.4, -0.2) is 104 Å². The molecule has 0 aromatic rings. The number of aliphatic carboxylic acids is 1. The summed E-state index contributed by atoms with van der Waals surface area (Å²) in [5.74, 6) is -1.92. The summed E-state index contributed by atoms with van der Waals surface area (Å²) < 4.78 is 0. The molecule has 1 atom stereocenters. The van der Waals surface area contributed by atoms with Crippen molar-refractivity contribution in [1.29, 1.82) is 0 Å². The first-order valence-corrected chi connectivity index (χ1v) is 2.30. The Morgan fingerprint density at radius 2 is 1.82 bits per heavy atom. The molecule has 7 heteroatoms. The molecule has 0 saturated heterocycles. The molecule has 5 nitrogen and oxygen atoms in total. The molecule has 0 aliphatic heterocycles. The number of carbonyl (C=O) groups excluding carboxylic acids is 1. The predicted octanol–water partition coefficient (Wildman–Crippen LogP) is -3.02. The van der Waals surface area contributed by atoms with E-state index in [1.807, 2.05) is 0 Å². The van der Waals surface area contributed by atoms with Gasteiger partial charge in [-0.3, -0.25) is 9.59 Å². The van der Waals surface area contributed by atoms with Gasteiger partial charge in [0.1, 0.15) is 6.04 Å². The summed E-state index contributed by atoms with van der Waals surface area (Å²) in [7, 11) is 0. The number of hydrogen-bond donors (Lipinski definition) is 3. The van der Waals surface area contributed by atoms with Crippen LogP contribution in [0.3, 0.4) is 0 Å². The van der Waals surface area contributed by atoms with Crippen LogP contribution in [0.15, 0.2) is 0 Å². The van der Waals surface area contributed by atoms with E-state index < -0.39 is 17.9 Å². The molecule has 1 unspecified atom stereocenters. The maximum atomic E-state index is 9.99. The van der Waals surface area contributed by atoms with Gasteiger partial charge in [-0.1, -0.05) is 0 Å². The molecule has 0 bridgehead atoms. The zero-order valence-electron chi connectivity index (χ0n) is 4.70. The van der Waals surface area contributed by atoms with Gasteiger partial charge in [0.05, 0.1) is 6.42 Å². The minimum absolute atomic E-state index is 0. The van der Waals surface area contributed by atoms with Gasteiger partial charge in [0.15, 0.2) is 0 Å². The Bertz CT molecular complexity index is 143. The van der Waals surface area contributed by atoms with Crippen LogP contribution in [0.4, 0.5) is 0 Å². The third-order valence-electron chi connectivity index (χ3n) is 0.738. The molecule has 5 N–H and O–H groups in total. The number of carbonyl (C=O) groups is 2. The number of carboxylic acids is 1. The topological polar surface area (TPSA) is 106 Å². The Hall–Kier alpha value is 1.54. The van der Waals surface area contributed by atoms with Crippen LogP contribution in [-0.2, 0) is 9.59 Å². The van der Waals surface area contributed by atoms with E-state index in [9.17, 15) is 9.59 Å². The van der Waals surface area contributed by atoms with Gasteiger partial charge in [-0.15, -0.1) is 0 Å². The van der Waals surface area contributed by atoms with E-state index >= 15 is 0 Å². The fourth-order valence-electron chi connectivity index (χ4n) is 0.304. The fraction of sp³-hybridized carbons (Fsp3) is 0.500. The van der Waals surface area contributed by atoms with Crippen LogP contribution in [0, 0.1) is 0 Å². The third kappa shape index (κ3) is 11.5. The molecule has 0 spiro atoms. The van der Waals surface area contributed by atoms with E-state index in [0.717, 1.165) is 0 Å². The minimum atomic E-state index is -1.21. The molecular formula is C4H10KN2NaO3. The Morgan fingerprint density at radius 3 is 1.91 bits per heavy atom. The summed E-state index contributed by atoms with van der Waals surface area (Å²) in [6, 6.07) is -1.16. The van der Waals surface area contributed by atoms with Crippen molar-refractivity contribution in [3.05, 3.63) is 0 Å². The summed E-state index contributed by atoms with van der Waals surface area (Å²) in [5, 5.41) is 8.10. The summed E-state index contributed by atoms with van der Waals surface area (Å²) >= 11 is 0. The Labute approximate surface area is 129 Å². The molecule has 0 aliphatic rings. The number of amides is 1. The number of nitrogens with two attached hydrogens (primary N) is 2. The quantitative estimate of drug-likeness (QED) is 0.417. The zero-order chi connectivity index (χ0) is 7.44. The molecule has 11 heavy (non-hydrogen) atoms. The van der Waals surface area contributed by atoms with Gasteiger partial charge in [0.2, 0.25) is 5.91 Å². The maximum absolute atomic E-state index is 9.99. The monoisotopic (exact) mass is 196 g/mol. The van der Waals surface area contributed by atoms with Crippen molar-refractivity contribution in [2.75, 3.05) is 0 Å². The van der Waals surface area contributed by atoms with Gasteiger partial charge < -0.3 is 16.6 Å². The van der Waals surface area contributed by atoms with Crippen molar-refractivity contribution in [3.8, 4) is 0 Å². The van der Waals surface area contributed by atoms with Crippen molar-refractivity contribution < 1.29 is 14.7 Å². The van der Waals surface area contributed by atoms with E-state index in [1.165, 1.54) is 0 Å². The van der Waals surface area contributed by atoms with Crippen LogP contribution < -0.4 is 11.5 Å². The van der Waals surface area contributed by atoms with E-state index in [-0.39, 0.29) is 87.4 Å². The van der Waals surface area contributed by atoms with E-state index in [4.69, 9.17) is 10.8 Å². The Morgan fingerprint density at radius 1 is 1.45 bits per heavy atom. The summed E-state index contributed by atoms with van der Waals surface area (Å²) in [5.41, 5.74) is 9.57. The van der Waals surface area contributed by atoms with Crippen molar-refractivity contribution in [1.82, 2.24) is 0 Å². The number of hydrogen-bond acceptors (Lipinski definition) is 3. The van der Waals surface area contributed by atoms with Crippen molar-refractivity contribution in [2.45, 2.75) is 12.5 Å². The Kier molecular flexibility index (Phi) is 16.0. The molecule has 0 fully saturated rings. The van der Waals surface area contributed by atoms with Crippen molar-refractivity contribution >= 4 is 92.8 Å². The second kappa shape index (κ2) is 9.62. The molecule has 0 rings (SSSR count). The van der Waals surface area contributed by atoms with Crippen LogP contribution in [0.5, 0.6) is 0 Å². The third-order valence-corrected chi connectivity index (χ3v) is 0.738. The first-order valence-electron chi connectivity index (χ1n) is 2.30. The van der Waals surface area contributed by atoms with Crippen LogP contribution >= 0.6 is 0 Å². The van der Waals surface area contributed by atoms with E-state index in [2.05, 4.69) is 5.73 Å². The molecule has 0 radical (unpaired) electrons.